The van der Waals surface area contributed by atoms with Crippen molar-refractivity contribution in [3.63, 3.8) is 0 Å². The zero-order valence-electron chi connectivity index (χ0n) is 9.17. The molecular formula is C13H18FN. The molecule has 0 amide bonds. The van der Waals surface area contributed by atoms with Gasteiger partial charge in [-0.25, -0.2) is 4.39 Å². The maximum absolute atomic E-state index is 13.3. The summed E-state index contributed by atoms with van der Waals surface area (Å²) in [6.07, 6.45) is 4.83. The van der Waals surface area contributed by atoms with Crippen molar-refractivity contribution < 1.29 is 4.39 Å². The van der Waals surface area contributed by atoms with E-state index in [0.29, 0.717) is 11.6 Å². The molecule has 1 aliphatic rings. The van der Waals surface area contributed by atoms with Crippen LogP contribution in [0.5, 0.6) is 0 Å². The fraction of sp³-hybridized carbons (Fsp3) is 0.538. The van der Waals surface area contributed by atoms with Crippen LogP contribution < -0.4 is 5.73 Å². The Morgan fingerprint density at radius 3 is 2.87 bits per heavy atom. The summed E-state index contributed by atoms with van der Waals surface area (Å²) in [5.74, 6) is 0.932. The van der Waals surface area contributed by atoms with E-state index in [2.05, 4.69) is 6.92 Å². The lowest BCUT2D eigenvalue weighted by Gasteiger charge is -2.27. The fourth-order valence-electron chi connectivity index (χ4n) is 2.63. The van der Waals surface area contributed by atoms with Crippen molar-refractivity contribution in [3.8, 4) is 0 Å². The quantitative estimate of drug-likeness (QED) is 0.698. The molecule has 1 saturated carbocycles. The molecule has 2 rings (SSSR count). The molecule has 2 atom stereocenters. The highest BCUT2D eigenvalue weighted by Crippen LogP contribution is 2.38. The van der Waals surface area contributed by atoms with Crippen LogP contribution in [0.15, 0.2) is 18.2 Å². The van der Waals surface area contributed by atoms with Crippen molar-refractivity contribution in [3.05, 3.63) is 29.6 Å². The molecule has 1 nitrogen and oxygen atoms in total. The molecule has 0 spiro atoms. The number of hydrogen-bond acceptors (Lipinski definition) is 1. The molecule has 15 heavy (non-hydrogen) atoms. The largest absolute Gasteiger partial charge is 0.396 e. The minimum absolute atomic E-state index is 0.272. The maximum Gasteiger partial charge on any atom is 0.146 e. The molecule has 1 aromatic carbocycles. The van der Waals surface area contributed by atoms with E-state index in [1.165, 1.54) is 18.9 Å². The Labute approximate surface area is 90.5 Å². The second kappa shape index (κ2) is 4.21. The highest BCUT2D eigenvalue weighted by atomic mass is 19.1. The number of para-hydroxylation sites is 1. The molecule has 0 bridgehead atoms. The highest BCUT2D eigenvalue weighted by Gasteiger charge is 2.22. The van der Waals surface area contributed by atoms with Crippen molar-refractivity contribution in [2.75, 3.05) is 5.73 Å². The predicted molar refractivity (Wildman–Crippen MR) is 61.2 cm³/mol. The summed E-state index contributed by atoms with van der Waals surface area (Å²) in [5.41, 5.74) is 7.16. The molecule has 1 aromatic rings. The molecule has 0 unspecified atom stereocenters. The highest BCUT2D eigenvalue weighted by molar-refractivity contribution is 5.49. The number of nitrogen functional groups attached to an aromatic ring is 1. The van der Waals surface area contributed by atoms with Crippen LogP contribution in [0, 0.1) is 11.7 Å². The number of hydrogen-bond donors (Lipinski definition) is 1. The maximum atomic E-state index is 13.3. The van der Waals surface area contributed by atoms with Crippen LogP contribution in [0.4, 0.5) is 10.1 Å². The zero-order valence-corrected chi connectivity index (χ0v) is 9.17. The Kier molecular flexibility index (Phi) is 2.94. The van der Waals surface area contributed by atoms with Crippen LogP contribution >= 0.6 is 0 Å². The standard InChI is InChI=1S/C13H18FN/c1-9-4-2-5-10(8-9)11-6-3-7-12(14)13(11)15/h3,6-7,9-10H,2,4-5,8,15H2,1H3/t9-,10+/m0/s1. The number of rotatable bonds is 1. The molecule has 0 heterocycles. The second-order valence-corrected chi connectivity index (χ2v) is 4.71. The van der Waals surface area contributed by atoms with Gasteiger partial charge < -0.3 is 5.73 Å². The minimum atomic E-state index is -0.272. The third-order valence-electron chi connectivity index (χ3n) is 3.46. The van der Waals surface area contributed by atoms with Crippen LogP contribution in [-0.4, -0.2) is 0 Å². The Morgan fingerprint density at radius 1 is 1.33 bits per heavy atom. The first-order valence-electron chi connectivity index (χ1n) is 5.72. The van der Waals surface area contributed by atoms with Crippen LogP contribution in [0.2, 0.25) is 0 Å². The van der Waals surface area contributed by atoms with Crippen LogP contribution in [0.1, 0.15) is 44.1 Å². The van der Waals surface area contributed by atoms with Crippen LogP contribution in [0.25, 0.3) is 0 Å². The Bertz CT molecular complexity index is 348. The molecule has 0 saturated heterocycles. The fourth-order valence-corrected chi connectivity index (χ4v) is 2.63. The lowest BCUT2D eigenvalue weighted by Crippen LogP contribution is -2.13. The van der Waals surface area contributed by atoms with Crippen molar-refractivity contribution in [1.29, 1.82) is 0 Å². The first kappa shape index (κ1) is 10.5. The zero-order chi connectivity index (χ0) is 10.8. The monoisotopic (exact) mass is 207 g/mol. The summed E-state index contributed by atoms with van der Waals surface area (Å²) < 4.78 is 13.3. The predicted octanol–water partition coefficient (Wildman–Crippen LogP) is 3.70. The van der Waals surface area contributed by atoms with E-state index in [-0.39, 0.29) is 5.82 Å². The molecule has 0 aliphatic heterocycles. The van der Waals surface area contributed by atoms with Gasteiger partial charge in [-0.3, -0.25) is 0 Å². The van der Waals surface area contributed by atoms with Gasteiger partial charge in [-0.15, -0.1) is 0 Å². The van der Waals surface area contributed by atoms with Gasteiger partial charge in [-0.2, -0.15) is 0 Å². The van der Waals surface area contributed by atoms with E-state index in [1.807, 2.05) is 6.07 Å². The van der Waals surface area contributed by atoms with E-state index >= 15 is 0 Å². The lowest BCUT2D eigenvalue weighted by molar-refractivity contribution is 0.344. The average molecular weight is 207 g/mol. The van der Waals surface area contributed by atoms with Crippen molar-refractivity contribution in [1.82, 2.24) is 0 Å². The van der Waals surface area contributed by atoms with E-state index in [9.17, 15) is 4.39 Å². The molecule has 0 radical (unpaired) electrons. The van der Waals surface area contributed by atoms with Gasteiger partial charge in [0.15, 0.2) is 0 Å². The number of halogens is 1. The smallest absolute Gasteiger partial charge is 0.146 e. The van der Waals surface area contributed by atoms with E-state index in [1.54, 1.807) is 6.07 Å². The number of anilines is 1. The van der Waals surface area contributed by atoms with Crippen molar-refractivity contribution in [2.24, 2.45) is 5.92 Å². The average Bonchev–Trinajstić information content (AvgIpc) is 2.22. The summed E-state index contributed by atoms with van der Waals surface area (Å²) in [4.78, 5) is 0. The van der Waals surface area contributed by atoms with Gasteiger partial charge in [0, 0.05) is 0 Å². The number of benzene rings is 1. The molecule has 0 aromatic heterocycles. The van der Waals surface area contributed by atoms with Crippen LogP contribution in [0.3, 0.4) is 0 Å². The Balaban J connectivity index is 2.24. The third kappa shape index (κ3) is 2.14. The third-order valence-corrected chi connectivity index (χ3v) is 3.46. The van der Waals surface area contributed by atoms with Crippen molar-refractivity contribution in [2.45, 2.75) is 38.5 Å². The first-order valence-corrected chi connectivity index (χ1v) is 5.72. The molecule has 2 N–H and O–H groups in total. The molecular weight excluding hydrogens is 189 g/mol. The summed E-state index contributed by atoms with van der Waals surface area (Å²) in [6.45, 7) is 2.27. The SMILES string of the molecule is C[C@H]1CCC[C@@H](c2cccc(F)c2N)C1. The Morgan fingerprint density at radius 2 is 2.13 bits per heavy atom. The van der Waals surface area contributed by atoms with Gasteiger partial charge in [0.25, 0.3) is 0 Å². The minimum Gasteiger partial charge on any atom is -0.396 e. The second-order valence-electron chi connectivity index (χ2n) is 4.71. The topological polar surface area (TPSA) is 26.0 Å². The van der Waals surface area contributed by atoms with Gasteiger partial charge >= 0.3 is 0 Å². The molecule has 1 aliphatic carbocycles. The summed E-state index contributed by atoms with van der Waals surface area (Å²) in [5, 5.41) is 0. The van der Waals surface area contributed by atoms with Gasteiger partial charge in [0.1, 0.15) is 5.82 Å². The van der Waals surface area contributed by atoms with Crippen LogP contribution in [-0.2, 0) is 0 Å². The molecule has 82 valence electrons. The van der Waals surface area contributed by atoms with Gasteiger partial charge in [0.2, 0.25) is 0 Å². The van der Waals surface area contributed by atoms with Gasteiger partial charge in [-0.1, -0.05) is 31.9 Å². The number of nitrogens with two attached hydrogens (primary N) is 1. The molecule has 1 fully saturated rings. The lowest BCUT2D eigenvalue weighted by atomic mass is 9.78. The van der Waals surface area contributed by atoms with E-state index < -0.39 is 0 Å². The summed E-state index contributed by atoms with van der Waals surface area (Å²) in [6, 6.07) is 5.17. The summed E-state index contributed by atoms with van der Waals surface area (Å²) in [7, 11) is 0. The van der Waals surface area contributed by atoms with Crippen molar-refractivity contribution >= 4 is 5.69 Å². The van der Waals surface area contributed by atoms with Gasteiger partial charge in [0.05, 0.1) is 5.69 Å². The normalized spacial score (nSPS) is 26.5. The van der Waals surface area contributed by atoms with Gasteiger partial charge in [-0.05, 0) is 36.3 Å². The summed E-state index contributed by atoms with van der Waals surface area (Å²) >= 11 is 0. The first-order chi connectivity index (χ1) is 7.18. The van der Waals surface area contributed by atoms with E-state index in [4.69, 9.17) is 5.73 Å². The van der Waals surface area contributed by atoms with E-state index in [0.717, 1.165) is 24.3 Å². The molecule has 2 heteroatoms. The Hall–Kier alpha value is -1.05.